The van der Waals surface area contributed by atoms with E-state index in [1.54, 1.807) is 12.1 Å². The standard InChI is InChI=1S/C32H36N2O8/c1-37-24-12-17(13-25(38-2)29(24)39-3)31(35)42-26-14-18-16-34-11-10-20-19-8-6-7-9-22(19)33-28(20)23(34)15-21(18)27(30(26)40-4)32(36)41-5/h6-9,12-14,21,23,26-27,30,33H,10-11,15-16H2,1-5H3/t21-,23+,26+,27-,30-/m0/s1. The molecule has 42 heavy (non-hydrogen) atoms. The molecule has 6 rings (SSSR count). The Morgan fingerprint density at radius 2 is 1.71 bits per heavy atom. The first-order valence-electron chi connectivity index (χ1n) is 14.1. The number of para-hydroxylation sites is 1. The first kappa shape index (κ1) is 28.1. The number of carbonyl (C=O) groups is 2. The van der Waals surface area contributed by atoms with Gasteiger partial charge in [0.1, 0.15) is 12.2 Å². The summed E-state index contributed by atoms with van der Waals surface area (Å²) >= 11 is 0. The highest BCUT2D eigenvalue weighted by Gasteiger charge is 2.51. The third kappa shape index (κ3) is 4.59. The Bertz CT molecular complexity index is 1520. The number of esters is 2. The Morgan fingerprint density at radius 1 is 0.976 bits per heavy atom. The van der Waals surface area contributed by atoms with Gasteiger partial charge in [0.25, 0.3) is 0 Å². The molecule has 1 aromatic heterocycles. The van der Waals surface area contributed by atoms with Crippen LogP contribution in [0.4, 0.5) is 0 Å². The van der Waals surface area contributed by atoms with E-state index in [4.69, 9.17) is 28.4 Å². The minimum atomic E-state index is -0.804. The van der Waals surface area contributed by atoms with Crippen molar-refractivity contribution >= 4 is 22.8 Å². The molecule has 2 aliphatic heterocycles. The van der Waals surface area contributed by atoms with Crippen molar-refractivity contribution in [1.82, 2.24) is 9.88 Å². The molecule has 5 atom stereocenters. The van der Waals surface area contributed by atoms with Gasteiger partial charge in [-0.15, -0.1) is 0 Å². The Kier molecular flexibility index (Phi) is 7.59. The first-order valence-corrected chi connectivity index (χ1v) is 14.1. The Hall–Kier alpha value is -4.02. The SMILES string of the molecule is COC(=O)[C@@H]1[C@@H](OC)[C@H](OC(=O)c2cc(OC)c(OC)c(OC)c2)C=C2CN3CCc4c([nH]c5ccccc45)[C@H]3C[C@@H]21. The van der Waals surface area contributed by atoms with Crippen LogP contribution < -0.4 is 14.2 Å². The molecule has 222 valence electrons. The molecule has 10 heteroatoms. The summed E-state index contributed by atoms with van der Waals surface area (Å²) in [5.74, 6) is -0.715. The number of ether oxygens (including phenoxy) is 6. The van der Waals surface area contributed by atoms with E-state index < -0.39 is 24.1 Å². The van der Waals surface area contributed by atoms with Crippen LogP contribution in [0.3, 0.4) is 0 Å². The summed E-state index contributed by atoms with van der Waals surface area (Å²) in [5.41, 5.74) is 4.98. The van der Waals surface area contributed by atoms with Crippen LogP contribution in [0, 0.1) is 11.8 Å². The van der Waals surface area contributed by atoms with Gasteiger partial charge in [-0.1, -0.05) is 23.8 Å². The van der Waals surface area contributed by atoms with Crippen LogP contribution in [0.2, 0.25) is 0 Å². The van der Waals surface area contributed by atoms with Gasteiger partial charge in [0, 0.05) is 36.8 Å². The average molecular weight is 577 g/mol. The van der Waals surface area contributed by atoms with Crippen molar-refractivity contribution in [3.05, 3.63) is 64.9 Å². The second-order valence-electron chi connectivity index (χ2n) is 10.9. The van der Waals surface area contributed by atoms with Gasteiger partial charge in [0.2, 0.25) is 5.75 Å². The summed E-state index contributed by atoms with van der Waals surface area (Å²) < 4.78 is 33.4. The molecular weight excluding hydrogens is 540 g/mol. The van der Waals surface area contributed by atoms with E-state index in [0.717, 1.165) is 30.5 Å². The maximum absolute atomic E-state index is 13.5. The zero-order valence-electron chi connectivity index (χ0n) is 24.5. The number of aromatic amines is 1. The number of carbonyl (C=O) groups excluding carboxylic acids is 2. The molecule has 0 bridgehead atoms. The van der Waals surface area contributed by atoms with Gasteiger partial charge in [-0.05, 0) is 48.6 Å². The van der Waals surface area contributed by atoms with E-state index in [-0.39, 0.29) is 23.5 Å². The molecule has 3 aromatic rings. The van der Waals surface area contributed by atoms with Crippen molar-refractivity contribution in [2.24, 2.45) is 11.8 Å². The van der Waals surface area contributed by atoms with Gasteiger partial charge in [-0.2, -0.15) is 0 Å². The van der Waals surface area contributed by atoms with Crippen LogP contribution >= 0.6 is 0 Å². The monoisotopic (exact) mass is 576 g/mol. The molecule has 0 spiro atoms. The summed E-state index contributed by atoms with van der Waals surface area (Å²) in [6, 6.07) is 11.6. The van der Waals surface area contributed by atoms with Crippen LogP contribution in [0.25, 0.3) is 10.9 Å². The predicted octanol–water partition coefficient (Wildman–Crippen LogP) is 4.08. The first-order chi connectivity index (χ1) is 20.4. The van der Waals surface area contributed by atoms with E-state index in [9.17, 15) is 9.59 Å². The van der Waals surface area contributed by atoms with Gasteiger partial charge in [0.15, 0.2) is 11.5 Å². The molecule has 3 aliphatic rings. The molecule has 1 fully saturated rings. The van der Waals surface area contributed by atoms with Crippen molar-refractivity contribution in [2.45, 2.75) is 31.1 Å². The maximum Gasteiger partial charge on any atom is 0.339 e. The summed E-state index contributed by atoms with van der Waals surface area (Å²) in [5, 5.41) is 1.26. The number of nitrogens with zero attached hydrogens (tertiary/aromatic N) is 1. The number of piperidine rings is 1. The number of aromatic nitrogens is 1. The maximum atomic E-state index is 13.5. The molecule has 1 aliphatic carbocycles. The van der Waals surface area contributed by atoms with Gasteiger partial charge < -0.3 is 33.4 Å². The van der Waals surface area contributed by atoms with Crippen LogP contribution in [0.5, 0.6) is 17.2 Å². The van der Waals surface area contributed by atoms with E-state index in [0.29, 0.717) is 23.8 Å². The van der Waals surface area contributed by atoms with Gasteiger partial charge in [-0.25, -0.2) is 4.79 Å². The van der Waals surface area contributed by atoms with Crippen LogP contribution in [-0.2, 0) is 25.4 Å². The molecule has 0 saturated carbocycles. The molecular formula is C32H36N2O8. The average Bonchev–Trinajstić information content (AvgIpc) is 3.41. The highest BCUT2D eigenvalue weighted by Crippen LogP contribution is 2.48. The zero-order chi connectivity index (χ0) is 29.5. The fraction of sp³-hybridized carbons (Fsp3) is 0.438. The zero-order valence-corrected chi connectivity index (χ0v) is 24.5. The second kappa shape index (κ2) is 11.3. The summed E-state index contributed by atoms with van der Waals surface area (Å²) in [6.07, 6.45) is 2.09. The lowest BCUT2D eigenvalue weighted by atomic mass is 9.69. The van der Waals surface area contributed by atoms with E-state index >= 15 is 0 Å². The highest BCUT2D eigenvalue weighted by molar-refractivity contribution is 5.91. The quantitative estimate of drug-likeness (QED) is 0.329. The number of hydrogen-bond acceptors (Lipinski definition) is 9. The van der Waals surface area contributed by atoms with E-state index in [1.807, 2.05) is 12.1 Å². The number of nitrogens with one attached hydrogen (secondary N) is 1. The molecule has 1 N–H and O–H groups in total. The predicted molar refractivity (Wildman–Crippen MR) is 154 cm³/mol. The molecule has 0 unspecified atom stereocenters. The van der Waals surface area contributed by atoms with E-state index in [2.05, 4.69) is 28.1 Å². The second-order valence-corrected chi connectivity index (χ2v) is 10.9. The Labute approximate surface area is 244 Å². The molecule has 0 radical (unpaired) electrons. The Morgan fingerprint density at radius 3 is 2.38 bits per heavy atom. The smallest absolute Gasteiger partial charge is 0.339 e. The van der Waals surface area contributed by atoms with Crippen LogP contribution in [0.15, 0.2) is 48.0 Å². The summed E-state index contributed by atoms with van der Waals surface area (Å²) in [4.78, 5) is 32.9. The lowest BCUT2D eigenvalue weighted by Gasteiger charge is -2.49. The third-order valence-corrected chi connectivity index (χ3v) is 8.99. The number of benzene rings is 2. The minimum absolute atomic E-state index is 0.128. The topological polar surface area (TPSA) is 109 Å². The number of methoxy groups -OCH3 is 5. The normalized spacial score (nSPS) is 25.0. The molecule has 0 amide bonds. The van der Waals surface area contributed by atoms with Crippen molar-refractivity contribution in [2.75, 3.05) is 48.6 Å². The molecule has 3 heterocycles. The molecule has 2 aromatic carbocycles. The van der Waals surface area contributed by atoms with Gasteiger partial charge >= 0.3 is 11.9 Å². The highest BCUT2D eigenvalue weighted by atomic mass is 16.6. The number of hydrogen-bond donors (Lipinski definition) is 1. The largest absolute Gasteiger partial charge is 0.493 e. The fourth-order valence-corrected chi connectivity index (χ4v) is 7.07. The van der Waals surface area contributed by atoms with E-state index in [1.165, 1.54) is 52.2 Å². The lowest BCUT2D eigenvalue weighted by molar-refractivity contribution is -0.159. The lowest BCUT2D eigenvalue weighted by Crippen LogP contribution is -2.53. The van der Waals surface area contributed by atoms with Crippen molar-refractivity contribution in [1.29, 1.82) is 0 Å². The van der Waals surface area contributed by atoms with Crippen LogP contribution in [-0.4, -0.2) is 82.7 Å². The number of fused-ring (bicyclic) bond motifs is 6. The minimum Gasteiger partial charge on any atom is -0.493 e. The molecule has 1 saturated heterocycles. The fourth-order valence-electron chi connectivity index (χ4n) is 7.07. The summed E-state index contributed by atoms with van der Waals surface area (Å²) in [6.45, 7) is 1.56. The van der Waals surface area contributed by atoms with Crippen molar-refractivity contribution in [3.63, 3.8) is 0 Å². The number of H-pyrrole nitrogens is 1. The number of rotatable bonds is 7. The van der Waals surface area contributed by atoms with Gasteiger partial charge in [0.05, 0.1) is 46.0 Å². The van der Waals surface area contributed by atoms with Crippen molar-refractivity contribution in [3.8, 4) is 17.2 Å². The Balaban J connectivity index is 1.34. The van der Waals surface area contributed by atoms with Crippen molar-refractivity contribution < 1.29 is 38.0 Å². The molecule has 10 nitrogen and oxygen atoms in total. The third-order valence-electron chi connectivity index (χ3n) is 8.99. The van der Waals surface area contributed by atoms with Crippen LogP contribution in [0.1, 0.15) is 34.1 Å². The summed E-state index contributed by atoms with van der Waals surface area (Å²) in [7, 11) is 7.38. The van der Waals surface area contributed by atoms with Gasteiger partial charge in [-0.3, -0.25) is 9.69 Å².